The maximum absolute atomic E-state index is 13.5. The Bertz CT molecular complexity index is 640. The topological polar surface area (TPSA) is 29.3 Å². The molecule has 0 saturated carbocycles. The molecule has 2 aromatic rings. The van der Waals surface area contributed by atoms with Crippen molar-refractivity contribution in [2.75, 3.05) is 18.8 Å². The van der Waals surface area contributed by atoms with Crippen molar-refractivity contribution >= 4 is 17.3 Å². The van der Waals surface area contributed by atoms with E-state index in [9.17, 15) is 4.39 Å². The zero-order chi connectivity index (χ0) is 14.8. The fourth-order valence-corrected chi connectivity index (χ4v) is 3.01. The fourth-order valence-electron chi connectivity index (χ4n) is 2.88. The molecule has 1 aliphatic rings. The number of hydrogen-bond donors (Lipinski definition) is 1. The summed E-state index contributed by atoms with van der Waals surface area (Å²) < 4.78 is 13.5. The van der Waals surface area contributed by atoms with E-state index >= 15 is 0 Å². The van der Waals surface area contributed by atoms with Crippen LogP contribution in [0.1, 0.15) is 16.7 Å². The molecule has 0 bridgehead atoms. The molecule has 0 atom stereocenters. The second kappa shape index (κ2) is 6.04. The Morgan fingerprint density at radius 3 is 2.71 bits per heavy atom. The van der Waals surface area contributed by atoms with Crippen molar-refractivity contribution in [3.63, 3.8) is 0 Å². The first-order valence-corrected chi connectivity index (χ1v) is 7.53. The number of halogens is 2. The van der Waals surface area contributed by atoms with Crippen LogP contribution < -0.4 is 5.73 Å². The van der Waals surface area contributed by atoms with Gasteiger partial charge in [0.05, 0.1) is 0 Å². The molecule has 0 amide bonds. The lowest BCUT2D eigenvalue weighted by Crippen LogP contribution is -2.32. The second-order valence-electron chi connectivity index (χ2n) is 5.54. The van der Waals surface area contributed by atoms with Crippen molar-refractivity contribution in [1.82, 2.24) is 4.90 Å². The average Bonchev–Trinajstić information content (AvgIpc) is 2.46. The maximum atomic E-state index is 13.5. The molecular weight excluding hydrogens is 287 g/mol. The van der Waals surface area contributed by atoms with Gasteiger partial charge in [-0.05, 0) is 53.8 Å². The summed E-state index contributed by atoms with van der Waals surface area (Å²) in [5.41, 5.74) is 9.88. The Balaban J connectivity index is 1.65. The third-order valence-electron chi connectivity index (χ3n) is 4.04. The fraction of sp³-hybridized carbons (Fsp3) is 0.294. The minimum Gasteiger partial charge on any atom is -0.398 e. The third kappa shape index (κ3) is 3.36. The van der Waals surface area contributed by atoms with Gasteiger partial charge in [-0.1, -0.05) is 23.7 Å². The van der Waals surface area contributed by atoms with Crippen LogP contribution in [0.4, 0.5) is 10.1 Å². The summed E-state index contributed by atoms with van der Waals surface area (Å²) in [6, 6.07) is 11.0. The molecule has 0 spiro atoms. The van der Waals surface area contributed by atoms with Crippen molar-refractivity contribution < 1.29 is 4.39 Å². The average molecular weight is 305 g/mol. The Labute approximate surface area is 129 Å². The van der Waals surface area contributed by atoms with Crippen LogP contribution >= 0.6 is 11.6 Å². The molecule has 0 unspecified atom stereocenters. The van der Waals surface area contributed by atoms with Crippen LogP contribution in [0.3, 0.4) is 0 Å². The molecule has 1 aliphatic heterocycles. The predicted octanol–water partition coefficient (Wildman–Crippen LogP) is 3.66. The molecule has 21 heavy (non-hydrogen) atoms. The first-order chi connectivity index (χ1) is 10.1. The van der Waals surface area contributed by atoms with Crippen LogP contribution in [0.2, 0.25) is 5.02 Å². The summed E-state index contributed by atoms with van der Waals surface area (Å²) >= 11 is 5.89. The highest BCUT2D eigenvalue weighted by Crippen LogP contribution is 2.25. The SMILES string of the molecule is Nc1cc(F)cc2c1CCN(CCc1ccc(Cl)cc1)C2. The van der Waals surface area contributed by atoms with Crippen LogP contribution in [0.25, 0.3) is 0 Å². The van der Waals surface area contributed by atoms with E-state index in [4.69, 9.17) is 17.3 Å². The predicted molar refractivity (Wildman–Crippen MR) is 84.9 cm³/mol. The molecule has 110 valence electrons. The molecule has 0 aromatic heterocycles. The largest absolute Gasteiger partial charge is 0.398 e. The highest BCUT2D eigenvalue weighted by Gasteiger charge is 2.18. The van der Waals surface area contributed by atoms with Gasteiger partial charge in [-0.25, -0.2) is 4.39 Å². The molecule has 0 saturated heterocycles. The second-order valence-corrected chi connectivity index (χ2v) is 5.97. The minimum atomic E-state index is -0.245. The van der Waals surface area contributed by atoms with Gasteiger partial charge in [-0.3, -0.25) is 4.90 Å². The van der Waals surface area contributed by atoms with E-state index in [1.54, 1.807) is 6.07 Å². The molecule has 2 nitrogen and oxygen atoms in total. The van der Waals surface area contributed by atoms with Crippen LogP contribution in [-0.4, -0.2) is 18.0 Å². The van der Waals surface area contributed by atoms with Crippen molar-refractivity contribution in [2.45, 2.75) is 19.4 Å². The van der Waals surface area contributed by atoms with Gasteiger partial charge in [0, 0.05) is 30.3 Å². The molecule has 2 aromatic carbocycles. The van der Waals surface area contributed by atoms with E-state index in [0.29, 0.717) is 5.69 Å². The van der Waals surface area contributed by atoms with Gasteiger partial charge < -0.3 is 5.73 Å². The summed E-state index contributed by atoms with van der Waals surface area (Å²) in [6.45, 7) is 2.69. The zero-order valence-electron chi connectivity index (χ0n) is 11.8. The summed E-state index contributed by atoms with van der Waals surface area (Å²) in [5, 5.41) is 0.761. The molecule has 0 radical (unpaired) electrons. The number of fused-ring (bicyclic) bond motifs is 1. The van der Waals surface area contributed by atoms with Crippen molar-refractivity contribution in [3.05, 3.63) is 63.9 Å². The number of nitrogen functional groups attached to an aromatic ring is 1. The Morgan fingerprint density at radius 2 is 1.95 bits per heavy atom. The lowest BCUT2D eigenvalue weighted by atomic mass is 9.97. The molecule has 0 fully saturated rings. The standard InChI is InChI=1S/C17H18ClFN2/c18-14-3-1-12(2-4-14)5-7-21-8-6-16-13(11-21)9-15(19)10-17(16)20/h1-4,9-10H,5-8,11,20H2. The van der Waals surface area contributed by atoms with E-state index in [1.807, 2.05) is 12.1 Å². The van der Waals surface area contributed by atoms with Gasteiger partial charge in [-0.15, -0.1) is 0 Å². The van der Waals surface area contributed by atoms with Crippen LogP contribution in [0.5, 0.6) is 0 Å². The minimum absolute atomic E-state index is 0.245. The van der Waals surface area contributed by atoms with E-state index in [1.165, 1.54) is 11.6 Å². The smallest absolute Gasteiger partial charge is 0.125 e. The van der Waals surface area contributed by atoms with E-state index in [0.717, 1.165) is 48.6 Å². The normalized spacial score (nSPS) is 15.0. The molecule has 1 heterocycles. The number of anilines is 1. The van der Waals surface area contributed by atoms with E-state index in [2.05, 4.69) is 17.0 Å². The van der Waals surface area contributed by atoms with Crippen LogP contribution in [0.15, 0.2) is 36.4 Å². The van der Waals surface area contributed by atoms with Crippen molar-refractivity contribution in [1.29, 1.82) is 0 Å². The van der Waals surface area contributed by atoms with Gasteiger partial charge in [0.15, 0.2) is 0 Å². The monoisotopic (exact) mass is 304 g/mol. The zero-order valence-corrected chi connectivity index (χ0v) is 12.5. The van der Waals surface area contributed by atoms with Crippen molar-refractivity contribution in [2.24, 2.45) is 0 Å². The van der Waals surface area contributed by atoms with Crippen LogP contribution in [0, 0.1) is 5.82 Å². The highest BCUT2D eigenvalue weighted by molar-refractivity contribution is 6.30. The lowest BCUT2D eigenvalue weighted by molar-refractivity contribution is 0.257. The molecule has 0 aliphatic carbocycles. The number of nitrogens with zero attached hydrogens (tertiary/aromatic N) is 1. The Kier molecular flexibility index (Phi) is 4.13. The van der Waals surface area contributed by atoms with Crippen molar-refractivity contribution in [3.8, 4) is 0 Å². The first kappa shape index (κ1) is 14.4. The Morgan fingerprint density at radius 1 is 1.19 bits per heavy atom. The molecular formula is C17H18ClFN2. The number of hydrogen-bond acceptors (Lipinski definition) is 2. The van der Waals surface area contributed by atoms with Crippen LogP contribution in [-0.2, 0) is 19.4 Å². The number of rotatable bonds is 3. The molecule has 3 rings (SSSR count). The third-order valence-corrected chi connectivity index (χ3v) is 4.30. The molecule has 4 heteroatoms. The first-order valence-electron chi connectivity index (χ1n) is 7.15. The summed E-state index contributed by atoms with van der Waals surface area (Å²) in [7, 11) is 0. The van der Waals surface area contributed by atoms with Gasteiger partial charge >= 0.3 is 0 Å². The highest BCUT2D eigenvalue weighted by atomic mass is 35.5. The number of nitrogens with two attached hydrogens (primary N) is 1. The van der Waals surface area contributed by atoms with Gasteiger partial charge in [-0.2, -0.15) is 0 Å². The van der Waals surface area contributed by atoms with E-state index < -0.39 is 0 Å². The van der Waals surface area contributed by atoms with Gasteiger partial charge in [0.2, 0.25) is 0 Å². The number of benzene rings is 2. The quantitative estimate of drug-likeness (QED) is 0.877. The summed E-state index contributed by atoms with van der Waals surface area (Å²) in [5.74, 6) is -0.245. The van der Waals surface area contributed by atoms with E-state index in [-0.39, 0.29) is 5.82 Å². The van der Waals surface area contributed by atoms with Gasteiger partial charge in [0.25, 0.3) is 0 Å². The summed E-state index contributed by atoms with van der Waals surface area (Å²) in [4.78, 5) is 2.34. The lowest BCUT2D eigenvalue weighted by Gasteiger charge is -2.29. The maximum Gasteiger partial charge on any atom is 0.125 e. The Hall–Kier alpha value is -1.58. The van der Waals surface area contributed by atoms with Gasteiger partial charge in [0.1, 0.15) is 5.82 Å². The molecule has 2 N–H and O–H groups in total. The summed E-state index contributed by atoms with van der Waals surface area (Å²) in [6.07, 6.45) is 1.86.